The summed E-state index contributed by atoms with van der Waals surface area (Å²) >= 11 is 0. The molecule has 66 valence electrons. The maximum atomic E-state index is 12.5. The van der Waals surface area contributed by atoms with Crippen LogP contribution in [0.3, 0.4) is 0 Å². The Kier molecular flexibility index (Phi) is 4.95. The van der Waals surface area contributed by atoms with E-state index in [9.17, 15) is 4.39 Å². The van der Waals surface area contributed by atoms with Gasteiger partial charge in [0.25, 0.3) is 0 Å². The largest absolute Gasteiger partial charge is 0.207 e. The molecular weight excluding hydrogens is 211 g/mol. The lowest BCUT2D eigenvalue weighted by molar-refractivity contribution is 0.627. The first-order chi connectivity index (χ1) is 5.83. The van der Waals surface area contributed by atoms with E-state index in [0.29, 0.717) is 0 Å². The Balaban J connectivity index is 2.37. The van der Waals surface area contributed by atoms with E-state index in [1.165, 1.54) is 17.7 Å². The minimum Gasteiger partial charge on any atom is -0.207 e. The Bertz CT molecular complexity index is 222. The Morgan fingerprint density at radius 1 is 1.25 bits per heavy atom. The Hall–Kier alpha value is 0.200. The van der Waals surface area contributed by atoms with Gasteiger partial charge in [-0.1, -0.05) is 33.7 Å². The molecule has 0 heterocycles. The smallest absolute Gasteiger partial charge is 0.123 e. The Morgan fingerprint density at radius 2 is 1.92 bits per heavy atom. The van der Waals surface area contributed by atoms with Crippen molar-refractivity contribution < 1.29 is 4.39 Å². The lowest BCUT2D eigenvalue weighted by atomic mass is 10.2. The van der Waals surface area contributed by atoms with Crippen molar-refractivity contribution in [3.63, 3.8) is 0 Å². The van der Waals surface area contributed by atoms with Gasteiger partial charge in [0.2, 0.25) is 0 Å². The molecule has 0 saturated heterocycles. The summed E-state index contributed by atoms with van der Waals surface area (Å²) in [5.41, 5.74) is 1.17. The summed E-state index contributed by atoms with van der Waals surface area (Å²) in [7, 11) is 5.25. The van der Waals surface area contributed by atoms with Crippen molar-refractivity contribution in [2.75, 3.05) is 6.26 Å². The minimum atomic E-state index is -0.165. The average Bonchev–Trinajstić information content (AvgIpc) is 2.09. The fourth-order valence-electron chi connectivity index (χ4n) is 0.721. The highest BCUT2D eigenvalue weighted by Crippen LogP contribution is 2.34. The molecule has 0 spiro atoms. The van der Waals surface area contributed by atoms with Crippen molar-refractivity contribution in [3.8, 4) is 0 Å². The highest BCUT2D eigenvalue weighted by Gasteiger charge is 1.93. The molecule has 0 amide bonds. The molecule has 0 fully saturated rings. The van der Waals surface area contributed by atoms with Crippen molar-refractivity contribution in [3.05, 3.63) is 35.6 Å². The summed E-state index contributed by atoms with van der Waals surface area (Å²) in [5, 5.41) is 0. The summed E-state index contributed by atoms with van der Waals surface area (Å²) in [4.78, 5) is 0. The van der Waals surface area contributed by atoms with Crippen LogP contribution in [0.15, 0.2) is 24.3 Å². The van der Waals surface area contributed by atoms with Gasteiger partial charge in [-0.2, -0.15) is 0 Å². The van der Waals surface area contributed by atoms with Gasteiger partial charge >= 0.3 is 0 Å². The molecule has 0 aliphatic heterocycles. The molecule has 12 heavy (non-hydrogen) atoms. The van der Waals surface area contributed by atoms with Crippen molar-refractivity contribution >= 4 is 31.4 Å². The number of benzene rings is 1. The molecule has 0 bridgehead atoms. The molecule has 1 rings (SSSR count). The third-order valence-electron chi connectivity index (χ3n) is 1.26. The summed E-state index contributed by atoms with van der Waals surface area (Å²) in [5.74, 6) is 0.771. The normalized spacial score (nSPS) is 10.2. The second kappa shape index (κ2) is 5.78. The third kappa shape index (κ3) is 3.74. The predicted molar refractivity (Wildman–Crippen MR) is 58.8 cm³/mol. The van der Waals surface area contributed by atoms with Crippen LogP contribution in [0.1, 0.15) is 5.56 Å². The van der Waals surface area contributed by atoms with E-state index < -0.39 is 0 Å². The van der Waals surface area contributed by atoms with E-state index in [1.54, 1.807) is 31.4 Å². The molecular formula is C8H9FS3. The highest BCUT2D eigenvalue weighted by molar-refractivity contribution is 9.09. The van der Waals surface area contributed by atoms with Gasteiger partial charge in [-0.3, -0.25) is 0 Å². The first kappa shape index (κ1) is 10.3. The fraction of sp³-hybridized carbons (Fsp3) is 0.250. The average molecular weight is 220 g/mol. The van der Waals surface area contributed by atoms with Crippen LogP contribution < -0.4 is 0 Å². The van der Waals surface area contributed by atoms with Crippen molar-refractivity contribution in [2.24, 2.45) is 0 Å². The van der Waals surface area contributed by atoms with Crippen LogP contribution in [-0.2, 0) is 5.75 Å². The molecule has 1 aromatic rings. The fourth-order valence-corrected chi connectivity index (χ4v) is 3.33. The number of hydrogen-bond acceptors (Lipinski definition) is 3. The summed E-state index contributed by atoms with van der Waals surface area (Å²) < 4.78 is 12.5. The zero-order valence-corrected chi connectivity index (χ0v) is 9.07. The standard InChI is InChI=1S/C8H9FS3/c1-10-12-11-6-7-2-4-8(9)5-3-7/h2-5H,6H2,1H3. The molecule has 1 aromatic carbocycles. The van der Waals surface area contributed by atoms with E-state index in [1.807, 2.05) is 18.4 Å². The summed E-state index contributed by atoms with van der Waals surface area (Å²) in [6.07, 6.45) is 2.04. The summed E-state index contributed by atoms with van der Waals surface area (Å²) in [6, 6.07) is 6.64. The second-order valence-electron chi connectivity index (χ2n) is 2.12. The molecule has 0 aliphatic carbocycles. The Morgan fingerprint density at radius 3 is 2.50 bits per heavy atom. The zero-order valence-electron chi connectivity index (χ0n) is 6.62. The van der Waals surface area contributed by atoms with Gasteiger partial charge in [0.1, 0.15) is 5.82 Å². The van der Waals surface area contributed by atoms with Gasteiger partial charge in [0, 0.05) is 5.75 Å². The van der Waals surface area contributed by atoms with Gasteiger partial charge < -0.3 is 0 Å². The van der Waals surface area contributed by atoms with Crippen molar-refractivity contribution in [1.29, 1.82) is 0 Å². The molecule has 0 N–H and O–H groups in total. The van der Waals surface area contributed by atoms with Crippen molar-refractivity contribution in [2.45, 2.75) is 5.75 Å². The van der Waals surface area contributed by atoms with Crippen LogP contribution in [0.5, 0.6) is 0 Å². The van der Waals surface area contributed by atoms with Crippen LogP contribution in [0.2, 0.25) is 0 Å². The Labute approximate surface area is 83.5 Å². The summed E-state index contributed by atoms with van der Waals surface area (Å²) in [6.45, 7) is 0. The third-order valence-corrected chi connectivity index (χ3v) is 5.08. The molecule has 0 aromatic heterocycles. The van der Waals surface area contributed by atoms with E-state index in [2.05, 4.69) is 0 Å². The lowest BCUT2D eigenvalue weighted by Crippen LogP contribution is -1.78. The van der Waals surface area contributed by atoms with Crippen LogP contribution in [-0.4, -0.2) is 6.26 Å². The van der Waals surface area contributed by atoms with Gasteiger partial charge in [0.15, 0.2) is 0 Å². The quantitative estimate of drug-likeness (QED) is 0.556. The van der Waals surface area contributed by atoms with Crippen LogP contribution >= 0.6 is 31.4 Å². The first-order valence-corrected chi connectivity index (χ1v) is 7.45. The lowest BCUT2D eigenvalue weighted by Gasteiger charge is -1.98. The van der Waals surface area contributed by atoms with Crippen LogP contribution in [0, 0.1) is 5.82 Å². The van der Waals surface area contributed by atoms with Crippen molar-refractivity contribution in [1.82, 2.24) is 0 Å². The molecule has 0 unspecified atom stereocenters. The van der Waals surface area contributed by atoms with Crippen LogP contribution in [0.25, 0.3) is 0 Å². The molecule has 4 heteroatoms. The predicted octanol–water partition coefficient (Wildman–Crippen LogP) is 3.99. The van der Waals surface area contributed by atoms with Gasteiger partial charge in [-0.15, -0.1) is 0 Å². The SMILES string of the molecule is CSSSCc1ccc(F)cc1. The molecule has 0 atom stereocenters. The molecule has 0 nitrogen and oxygen atoms in total. The zero-order chi connectivity index (χ0) is 8.81. The maximum Gasteiger partial charge on any atom is 0.123 e. The van der Waals surface area contributed by atoms with Gasteiger partial charge in [0.05, 0.1) is 0 Å². The molecule has 0 aliphatic rings. The maximum absolute atomic E-state index is 12.5. The number of rotatable bonds is 4. The van der Waals surface area contributed by atoms with Gasteiger partial charge in [-0.25, -0.2) is 4.39 Å². The molecule has 0 saturated carbocycles. The topological polar surface area (TPSA) is 0 Å². The van der Waals surface area contributed by atoms with E-state index in [4.69, 9.17) is 0 Å². The van der Waals surface area contributed by atoms with E-state index >= 15 is 0 Å². The molecule has 0 radical (unpaired) electrons. The highest BCUT2D eigenvalue weighted by atomic mass is 33.5. The number of hydrogen-bond donors (Lipinski definition) is 0. The second-order valence-corrected chi connectivity index (χ2v) is 6.46. The minimum absolute atomic E-state index is 0.165. The monoisotopic (exact) mass is 220 g/mol. The van der Waals surface area contributed by atoms with E-state index in [0.717, 1.165) is 5.75 Å². The number of halogens is 1. The van der Waals surface area contributed by atoms with Gasteiger partial charge in [-0.05, 0) is 33.8 Å². The van der Waals surface area contributed by atoms with Crippen LogP contribution in [0.4, 0.5) is 4.39 Å². The van der Waals surface area contributed by atoms with E-state index in [-0.39, 0.29) is 5.82 Å². The first-order valence-electron chi connectivity index (χ1n) is 3.39.